The third-order valence-electron chi connectivity index (χ3n) is 3.77. The lowest BCUT2D eigenvalue weighted by atomic mass is 9.75. The average Bonchev–Trinajstić information content (AvgIpc) is 2.62. The number of anilines is 1. The molecule has 0 radical (unpaired) electrons. The van der Waals surface area contributed by atoms with Crippen molar-refractivity contribution in [3.8, 4) is 0 Å². The maximum atomic E-state index is 13.2. The molecule has 1 aromatic rings. The van der Waals surface area contributed by atoms with Gasteiger partial charge in [-0.25, -0.2) is 4.39 Å². The van der Waals surface area contributed by atoms with E-state index in [1.165, 1.54) is 12.1 Å². The number of carbonyl (C=O) groups is 1. The van der Waals surface area contributed by atoms with Gasteiger partial charge in [-0.05, 0) is 37.0 Å². The summed E-state index contributed by atoms with van der Waals surface area (Å²) in [6.07, 6.45) is 3.29. The van der Waals surface area contributed by atoms with Crippen LogP contribution in [-0.2, 0) is 10.2 Å². The highest BCUT2D eigenvalue weighted by Gasteiger charge is 2.44. The van der Waals surface area contributed by atoms with Crippen LogP contribution in [-0.4, -0.2) is 11.8 Å². The molecule has 0 aliphatic carbocycles. The quantitative estimate of drug-likeness (QED) is 0.639. The molecule has 1 aliphatic rings. The molecule has 2 nitrogen and oxygen atoms in total. The highest BCUT2D eigenvalue weighted by Crippen LogP contribution is 2.43. The minimum atomic E-state index is -0.505. The summed E-state index contributed by atoms with van der Waals surface area (Å²) in [5.74, 6) is 0.277. The van der Waals surface area contributed by atoms with E-state index in [1.807, 2.05) is 6.92 Å². The van der Waals surface area contributed by atoms with E-state index in [0.717, 1.165) is 31.2 Å². The summed E-state index contributed by atoms with van der Waals surface area (Å²) in [6.45, 7) is 2.00. The lowest BCUT2D eigenvalue weighted by Crippen LogP contribution is -2.33. The van der Waals surface area contributed by atoms with Crippen molar-refractivity contribution in [1.82, 2.24) is 0 Å². The van der Waals surface area contributed by atoms with Crippen LogP contribution < -0.4 is 5.32 Å². The first kappa shape index (κ1) is 13.3. The zero-order valence-electron chi connectivity index (χ0n) is 10.4. The van der Waals surface area contributed by atoms with E-state index in [9.17, 15) is 9.18 Å². The first-order valence-electron chi connectivity index (χ1n) is 6.31. The second-order valence-corrected chi connectivity index (χ2v) is 5.10. The average molecular weight is 270 g/mol. The number of amides is 1. The van der Waals surface area contributed by atoms with Crippen molar-refractivity contribution in [3.05, 3.63) is 29.6 Å². The molecule has 0 spiro atoms. The summed E-state index contributed by atoms with van der Waals surface area (Å²) in [4.78, 5) is 12.2. The molecule has 1 amide bonds. The Kier molecular flexibility index (Phi) is 3.91. The van der Waals surface area contributed by atoms with Gasteiger partial charge in [0.2, 0.25) is 5.91 Å². The van der Waals surface area contributed by atoms with Gasteiger partial charge in [0, 0.05) is 11.6 Å². The fourth-order valence-electron chi connectivity index (χ4n) is 2.70. The Balaban J connectivity index is 2.33. The van der Waals surface area contributed by atoms with Crippen molar-refractivity contribution in [2.24, 2.45) is 0 Å². The Bertz CT molecular complexity index is 463. The zero-order valence-corrected chi connectivity index (χ0v) is 11.2. The molecule has 0 aromatic heterocycles. The van der Waals surface area contributed by atoms with Crippen LogP contribution in [0, 0.1) is 5.82 Å². The second-order valence-electron chi connectivity index (χ2n) is 4.73. The van der Waals surface area contributed by atoms with Crippen molar-refractivity contribution >= 4 is 23.2 Å². The summed E-state index contributed by atoms with van der Waals surface area (Å²) >= 11 is 5.68. The first-order chi connectivity index (χ1) is 8.64. The van der Waals surface area contributed by atoms with Crippen LogP contribution in [0.4, 0.5) is 10.1 Å². The molecule has 1 unspecified atom stereocenters. The van der Waals surface area contributed by atoms with Crippen LogP contribution in [0.25, 0.3) is 0 Å². The molecule has 18 heavy (non-hydrogen) atoms. The van der Waals surface area contributed by atoms with E-state index in [2.05, 4.69) is 5.32 Å². The van der Waals surface area contributed by atoms with E-state index in [4.69, 9.17) is 11.6 Å². The third-order valence-corrected chi connectivity index (χ3v) is 4.04. The van der Waals surface area contributed by atoms with Crippen LogP contribution in [0.3, 0.4) is 0 Å². The standard InChI is InChI=1S/C14H17ClFNO/c1-2-14(7-3-4-8-15)11-6-5-10(16)9-12(11)17-13(14)18/h5-6,9H,2-4,7-8H2,1H3,(H,17,18). The lowest BCUT2D eigenvalue weighted by Gasteiger charge is -2.25. The molecule has 2 rings (SSSR count). The van der Waals surface area contributed by atoms with Crippen molar-refractivity contribution in [3.63, 3.8) is 0 Å². The van der Waals surface area contributed by atoms with Crippen LogP contribution in [0.15, 0.2) is 18.2 Å². The van der Waals surface area contributed by atoms with Crippen LogP contribution in [0.2, 0.25) is 0 Å². The Morgan fingerprint density at radius 3 is 2.83 bits per heavy atom. The molecule has 1 aromatic carbocycles. The van der Waals surface area contributed by atoms with Crippen molar-refractivity contribution in [2.45, 2.75) is 38.0 Å². The van der Waals surface area contributed by atoms with Crippen LogP contribution in [0.1, 0.15) is 38.2 Å². The first-order valence-corrected chi connectivity index (χ1v) is 6.85. The predicted octanol–water partition coefficient (Wildman–Crippen LogP) is 3.83. The van der Waals surface area contributed by atoms with E-state index in [-0.39, 0.29) is 11.7 Å². The molecule has 1 aliphatic heterocycles. The summed E-state index contributed by atoms with van der Waals surface area (Å²) < 4.78 is 13.2. The molecule has 0 bridgehead atoms. The second kappa shape index (κ2) is 5.27. The number of nitrogens with one attached hydrogen (secondary N) is 1. The monoisotopic (exact) mass is 269 g/mol. The maximum absolute atomic E-state index is 13.2. The molecule has 0 saturated heterocycles. The number of hydrogen-bond acceptors (Lipinski definition) is 1. The fourth-order valence-corrected chi connectivity index (χ4v) is 2.89. The number of alkyl halides is 1. The minimum Gasteiger partial charge on any atom is -0.325 e. The van der Waals surface area contributed by atoms with Gasteiger partial charge in [0.05, 0.1) is 5.41 Å². The maximum Gasteiger partial charge on any atom is 0.235 e. The molecule has 0 fully saturated rings. The summed E-state index contributed by atoms with van der Waals surface area (Å²) in [7, 11) is 0. The number of benzene rings is 1. The Hall–Kier alpha value is -1.09. The van der Waals surface area contributed by atoms with Gasteiger partial charge in [0.15, 0.2) is 0 Å². The molecule has 1 N–H and O–H groups in total. The van der Waals surface area contributed by atoms with Crippen molar-refractivity contribution in [1.29, 1.82) is 0 Å². The number of hydrogen-bond donors (Lipinski definition) is 1. The van der Waals surface area contributed by atoms with Crippen LogP contribution in [0.5, 0.6) is 0 Å². The number of carbonyl (C=O) groups excluding carboxylic acids is 1. The number of fused-ring (bicyclic) bond motifs is 1. The largest absolute Gasteiger partial charge is 0.325 e. The van der Waals surface area contributed by atoms with Gasteiger partial charge in [0.25, 0.3) is 0 Å². The van der Waals surface area contributed by atoms with E-state index >= 15 is 0 Å². The van der Waals surface area contributed by atoms with Crippen molar-refractivity contribution in [2.75, 3.05) is 11.2 Å². The lowest BCUT2D eigenvalue weighted by molar-refractivity contribution is -0.121. The van der Waals surface area contributed by atoms with Crippen molar-refractivity contribution < 1.29 is 9.18 Å². The van der Waals surface area contributed by atoms with Gasteiger partial charge in [-0.2, -0.15) is 0 Å². The Morgan fingerprint density at radius 2 is 2.17 bits per heavy atom. The molecular formula is C14H17ClFNO. The number of rotatable bonds is 5. The van der Waals surface area contributed by atoms with E-state index in [0.29, 0.717) is 11.6 Å². The van der Waals surface area contributed by atoms with Gasteiger partial charge >= 0.3 is 0 Å². The van der Waals surface area contributed by atoms with Gasteiger partial charge in [-0.15, -0.1) is 11.6 Å². The third kappa shape index (κ3) is 2.12. The zero-order chi connectivity index (χ0) is 13.2. The topological polar surface area (TPSA) is 29.1 Å². The molecule has 4 heteroatoms. The number of unbranched alkanes of at least 4 members (excludes halogenated alkanes) is 1. The molecule has 1 atom stereocenters. The molecule has 0 saturated carbocycles. The SMILES string of the molecule is CCC1(CCCCCl)C(=O)Nc2cc(F)ccc21. The highest BCUT2D eigenvalue weighted by molar-refractivity contribution is 6.17. The normalized spacial score (nSPS) is 21.8. The van der Waals surface area contributed by atoms with Gasteiger partial charge in [-0.3, -0.25) is 4.79 Å². The summed E-state index contributed by atoms with van der Waals surface area (Å²) in [5, 5.41) is 2.80. The molecular weight excluding hydrogens is 253 g/mol. The molecule has 98 valence electrons. The predicted molar refractivity (Wildman–Crippen MR) is 71.6 cm³/mol. The highest BCUT2D eigenvalue weighted by atomic mass is 35.5. The van der Waals surface area contributed by atoms with Gasteiger partial charge < -0.3 is 5.32 Å². The minimum absolute atomic E-state index is 0.0137. The smallest absolute Gasteiger partial charge is 0.235 e. The Morgan fingerprint density at radius 1 is 1.39 bits per heavy atom. The summed E-state index contributed by atoms with van der Waals surface area (Å²) in [5.41, 5.74) is 1.04. The summed E-state index contributed by atoms with van der Waals surface area (Å²) in [6, 6.07) is 4.55. The van der Waals surface area contributed by atoms with Crippen LogP contribution >= 0.6 is 11.6 Å². The van der Waals surface area contributed by atoms with Gasteiger partial charge in [-0.1, -0.05) is 19.4 Å². The van der Waals surface area contributed by atoms with Gasteiger partial charge in [0.1, 0.15) is 5.82 Å². The number of halogens is 2. The Labute approximate surface area is 112 Å². The molecule has 1 heterocycles. The fraction of sp³-hybridized carbons (Fsp3) is 0.500. The van der Waals surface area contributed by atoms with E-state index in [1.54, 1.807) is 6.07 Å². The van der Waals surface area contributed by atoms with E-state index < -0.39 is 5.41 Å².